The first-order valence-electron chi connectivity index (χ1n) is 12.6. The normalized spacial score (nSPS) is 19.1. The highest BCUT2D eigenvalue weighted by molar-refractivity contribution is 6.17. The number of aliphatic imine (C=N–C) groups is 1. The molecule has 1 aromatic heterocycles. The molecule has 3 aromatic rings. The number of hydrogen-bond acceptors (Lipinski definition) is 7. The third-order valence-corrected chi connectivity index (χ3v) is 6.60. The van der Waals surface area contributed by atoms with Crippen LogP contribution in [0.4, 0.5) is 15.0 Å². The Morgan fingerprint density at radius 3 is 2.61 bits per heavy atom. The van der Waals surface area contributed by atoms with Gasteiger partial charge < -0.3 is 20.1 Å². The van der Waals surface area contributed by atoms with E-state index in [9.17, 15) is 14.0 Å². The number of piperidine rings is 1. The van der Waals surface area contributed by atoms with Crippen LogP contribution in [0.5, 0.6) is 11.5 Å². The summed E-state index contributed by atoms with van der Waals surface area (Å²) in [5.41, 5.74) is 7.50. The number of para-hydroxylation sites is 1. The molecule has 1 fully saturated rings. The molecular weight excluding hydrogens is 489 g/mol. The Labute approximate surface area is 219 Å². The Morgan fingerprint density at radius 1 is 1.16 bits per heavy atom. The topological polar surface area (TPSA) is 123 Å². The van der Waals surface area contributed by atoms with E-state index in [0.29, 0.717) is 41.2 Å². The van der Waals surface area contributed by atoms with Gasteiger partial charge in [-0.15, -0.1) is 0 Å². The summed E-state index contributed by atoms with van der Waals surface area (Å²) in [6.45, 7) is 6.49. The summed E-state index contributed by atoms with van der Waals surface area (Å²) in [6.07, 6.45) is 1.18. The Morgan fingerprint density at radius 2 is 1.89 bits per heavy atom. The number of aromatic nitrogens is 2. The third kappa shape index (κ3) is 5.11. The number of hydrogen-bond donors (Lipinski definition) is 2. The van der Waals surface area contributed by atoms with Crippen LogP contribution in [0.3, 0.4) is 0 Å². The minimum Gasteiger partial charge on any atom is -0.454 e. The van der Waals surface area contributed by atoms with Crippen molar-refractivity contribution in [1.82, 2.24) is 15.1 Å². The minimum absolute atomic E-state index is 0.0981. The van der Waals surface area contributed by atoms with Crippen molar-refractivity contribution >= 4 is 17.6 Å². The van der Waals surface area contributed by atoms with Crippen molar-refractivity contribution in [3.8, 4) is 11.5 Å². The van der Waals surface area contributed by atoms with Crippen LogP contribution in [0.25, 0.3) is 0 Å². The number of benzene rings is 2. The van der Waals surface area contributed by atoms with Crippen LogP contribution < -0.4 is 16.0 Å². The van der Waals surface area contributed by atoms with E-state index in [1.54, 1.807) is 47.4 Å². The fraction of sp³-hybridized carbons (Fsp3) is 0.357. The molecule has 1 unspecified atom stereocenters. The van der Waals surface area contributed by atoms with Crippen LogP contribution in [0, 0.1) is 11.7 Å². The molecule has 0 radical (unpaired) electrons. The van der Waals surface area contributed by atoms with Gasteiger partial charge in [0.25, 0.3) is 5.56 Å². The van der Waals surface area contributed by atoms with E-state index in [-0.39, 0.29) is 29.1 Å². The van der Waals surface area contributed by atoms with Gasteiger partial charge in [-0.25, -0.2) is 14.3 Å². The molecule has 2 aromatic carbocycles. The molecule has 198 valence electrons. The van der Waals surface area contributed by atoms with Crippen LogP contribution in [-0.4, -0.2) is 45.6 Å². The largest absolute Gasteiger partial charge is 0.454 e. The number of fused-ring (bicyclic) bond motifs is 1. The summed E-state index contributed by atoms with van der Waals surface area (Å²) in [5, 5.41) is 6.46. The van der Waals surface area contributed by atoms with Crippen LogP contribution in [0.1, 0.15) is 56.3 Å². The molecule has 2 aliphatic heterocycles. The van der Waals surface area contributed by atoms with E-state index >= 15 is 0 Å². The number of anilines is 1. The molecule has 2 atom stereocenters. The molecule has 3 heterocycles. The molecular formula is C28H30FN5O4. The van der Waals surface area contributed by atoms with Crippen LogP contribution >= 0.6 is 0 Å². The molecule has 0 spiro atoms. The highest BCUT2D eigenvalue weighted by Crippen LogP contribution is 2.40. The molecule has 0 aliphatic carbocycles. The number of H-pyrrole nitrogens is 1. The number of nitrogen functional groups attached to an aromatic ring is 1. The van der Waals surface area contributed by atoms with Crippen LogP contribution in [-0.2, 0) is 4.74 Å². The zero-order valence-corrected chi connectivity index (χ0v) is 21.5. The van der Waals surface area contributed by atoms with E-state index in [1.165, 1.54) is 6.07 Å². The standard InChI is InChI=1S/C28H30FN5O4/c1-28(2,3)38-27(36)34-14-6-7-17(15-34)24-22-21(25(30)32-33-26(22)35)23(31-24)16-10-12-18(13-11-16)37-20-9-5-4-8-19(20)29/h4-5,8-13,17,24H,6-7,14-15H2,1-3H3,(H2,30,32)(H,33,35)/t17-,24?/m1/s1. The van der Waals surface area contributed by atoms with Gasteiger partial charge in [0.1, 0.15) is 11.4 Å². The smallest absolute Gasteiger partial charge is 0.410 e. The number of nitrogens with two attached hydrogens (primary N) is 1. The Bertz CT molecular complexity index is 1440. The van der Waals surface area contributed by atoms with Gasteiger partial charge >= 0.3 is 6.09 Å². The number of carbonyl (C=O) groups excluding carboxylic acids is 1. The van der Waals surface area contributed by atoms with E-state index in [4.69, 9.17) is 20.2 Å². The molecule has 5 rings (SSSR count). The number of carbonyl (C=O) groups is 1. The first-order chi connectivity index (χ1) is 18.1. The third-order valence-electron chi connectivity index (χ3n) is 6.60. The maximum Gasteiger partial charge on any atom is 0.410 e. The van der Waals surface area contributed by atoms with Gasteiger partial charge in [-0.1, -0.05) is 12.1 Å². The van der Waals surface area contributed by atoms with Crippen molar-refractivity contribution in [3.63, 3.8) is 0 Å². The molecule has 9 nitrogen and oxygen atoms in total. The molecule has 10 heteroatoms. The van der Waals surface area contributed by atoms with E-state index in [0.717, 1.165) is 12.8 Å². The van der Waals surface area contributed by atoms with Crippen molar-refractivity contribution in [2.45, 2.75) is 45.3 Å². The molecule has 1 amide bonds. The number of ether oxygens (including phenoxy) is 2. The maximum atomic E-state index is 14.0. The second-order valence-corrected chi connectivity index (χ2v) is 10.5. The quantitative estimate of drug-likeness (QED) is 0.509. The Kier molecular flexibility index (Phi) is 6.64. The van der Waals surface area contributed by atoms with Gasteiger partial charge in [-0.2, -0.15) is 5.10 Å². The highest BCUT2D eigenvalue weighted by Gasteiger charge is 2.39. The zero-order valence-electron chi connectivity index (χ0n) is 21.5. The number of amides is 1. The maximum absolute atomic E-state index is 14.0. The molecule has 38 heavy (non-hydrogen) atoms. The van der Waals surface area contributed by atoms with Gasteiger partial charge in [-0.05, 0) is 70.0 Å². The minimum atomic E-state index is -0.602. The lowest BCUT2D eigenvalue weighted by molar-refractivity contribution is 0.0153. The van der Waals surface area contributed by atoms with E-state index in [2.05, 4.69) is 10.2 Å². The van der Waals surface area contributed by atoms with Crippen molar-refractivity contribution < 1.29 is 18.7 Å². The summed E-state index contributed by atoms with van der Waals surface area (Å²) in [5.74, 6) is 0.188. The fourth-order valence-corrected chi connectivity index (χ4v) is 4.93. The van der Waals surface area contributed by atoms with Crippen molar-refractivity contribution in [3.05, 3.63) is 81.4 Å². The second-order valence-electron chi connectivity index (χ2n) is 10.5. The second kappa shape index (κ2) is 9.92. The fourth-order valence-electron chi connectivity index (χ4n) is 4.93. The van der Waals surface area contributed by atoms with Gasteiger partial charge in [0.05, 0.1) is 22.9 Å². The number of halogens is 1. The molecule has 3 N–H and O–H groups in total. The highest BCUT2D eigenvalue weighted by atomic mass is 19.1. The predicted molar refractivity (Wildman–Crippen MR) is 141 cm³/mol. The molecule has 0 bridgehead atoms. The summed E-state index contributed by atoms with van der Waals surface area (Å²) in [4.78, 5) is 32.4. The summed E-state index contributed by atoms with van der Waals surface area (Å²) in [7, 11) is 0. The van der Waals surface area contributed by atoms with Crippen molar-refractivity contribution in [2.24, 2.45) is 10.9 Å². The van der Waals surface area contributed by atoms with E-state index < -0.39 is 17.5 Å². The number of nitrogens with zero attached hydrogens (tertiary/aromatic N) is 3. The summed E-state index contributed by atoms with van der Waals surface area (Å²) >= 11 is 0. The molecule has 1 saturated heterocycles. The number of likely N-dealkylation sites (tertiary alicyclic amines) is 1. The number of rotatable bonds is 4. The average Bonchev–Trinajstić information content (AvgIpc) is 3.29. The lowest BCUT2D eigenvalue weighted by Crippen LogP contribution is -2.44. The van der Waals surface area contributed by atoms with Crippen molar-refractivity contribution in [2.75, 3.05) is 18.8 Å². The van der Waals surface area contributed by atoms with E-state index in [1.807, 2.05) is 20.8 Å². The summed E-state index contributed by atoms with van der Waals surface area (Å²) in [6, 6.07) is 12.7. The monoisotopic (exact) mass is 519 g/mol. The predicted octanol–water partition coefficient (Wildman–Crippen LogP) is 4.82. The first-order valence-corrected chi connectivity index (χ1v) is 12.6. The van der Waals surface area contributed by atoms with Gasteiger partial charge in [0.15, 0.2) is 17.4 Å². The van der Waals surface area contributed by atoms with Gasteiger partial charge in [-0.3, -0.25) is 9.79 Å². The molecule has 2 aliphatic rings. The Hall–Kier alpha value is -4.21. The lowest BCUT2D eigenvalue weighted by Gasteiger charge is -2.35. The average molecular weight is 520 g/mol. The van der Waals surface area contributed by atoms with Gasteiger partial charge in [0.2, 0.25) is 0 Å². The van der Waals surface area contributed by atoms with Gasteiger partial charge in [0, 0.05) is 24.6 Å². The SMILES string of the molecule is CC(C)(C)OC(=O)N1CCC[C@@H](C2N=C(c3ccc(Oc4ccccc4F)cc3)c3c(N)n[nH]c(=O)c32)C1. The number of nitrogens with one attached hydrogen (secondary N) is 1. The summed E-state index contributed by atoms with van der Waals surface area (Å²) < 4.78 is 25.2. The van der Waals surface area contributed by atoms with Crippen LogP contribution in [0.2, 0.25) is 0 Å². The first kappa shape index (κ1) is 25.4. The number of aromatic amines is 1. The zero-order chi connectivity index (χ0) is 27.0. The lowest BCUT2D eigenvalue weighted by atomic mass is 9.87. The Balaban J connectivity index is 1.44. The van der Waals surface area contributed by atoms with Crippen LogP contribution in [0.15, 0.2) is 58.3 Å². The molecule has 0 saturated carbocycles. The van der Waals surface area contributed by atoms with Crippen molar-refractivity contribution in [1.29, 1.82) is 0 Å².